The van der Waals surface area contributed by atoms with Crippen LogP contribution in [-0.2, 0) is 4.79 Å². The topological polar surface area (TPSA) is 20.3 Å². The Kier molecular flexibility index (Phi) is 4.02. The van der Waals surface area contributed by atoms with E-state index in [1.165, 1.54) is 0 Å². The second-order valence-corrected chi connectivity index (χ2v) is 3.86. The number of ketones is 1. The molecule has 0 aromatic rings. The Labute approximate surface area is 78.9 Å². The van der Waals surface area contributed by atoms with E-state index in [1.807, 2.05) is 0 Å². The standard InChI is InChI=1S/C9H16ClNO/c1-11-6-3-8(4-7-11)9(12)2-5-10/h8H,2-7H2,1H3. The summed E-state index contributed by atoms with van der Waals surface area (Å²) in [6.45, 7) is 2.11. The Hall–Kier alpha value is -0.0800. The van der Waals surface area contributed by atoms with Crippen LogP contribution in [0.15, 0.2) is 0 Å². The lowest BCUT2D eigenvalue weighted by atomic mass is 9.92. The van der Waals surface area contributed by atoms with Gasteiger partial charge in [-0.3, -0.25) is 4.79 Å². The third kappa shape index (κ3) is 2.76. The minimum Gasteiger partial charge on any atom is -0.306 e. The maximum Gasteiger partial charge on any atom is 0.137 e. The molecular weight excluding hydrogens is 174 g/mol. The summed E-state index contributed by atoms with van der Waals surface area (Å²) in [7, 11) is 2.10. The van der Waals surface area contributed by atoms with E-state index in [0.29, 0.717) is 24.0 Å². The van der Waals surface area contributed by atoms with Gasteiger partial charge < -0.3 is 4.90 Å². The van der Waals surface area contributed by atoms with Crippen molar-refractivity contribution in [3.05, 3.63) is 0 Å². The molecule has 0 spiro atoms. The summed E-state index contributed by atoms with van der Waals surface area (Å²) in [5.74, 6) is 1.13. The van der Waals surface area contributed by atoms with E-state index in [0.717, 1.165) is 25.9 Å². The molecule has 0 aromatic carbocycles. The van der Waals surface area contributed by atoms with Crippen LogP contribution in [0.1, 0.15) is 19.3 Å². The van der Waals surface area contributed by atoms with E-state index in [1.54, 1.807) is 0 Å². The fourth-order valence-corrected chi connectivity index (χ4v) is 1.81. The smallest absolute Gasteiger partial charge is 0.137 e. The molecule has 1 aliphatic heterocycles. The predicted molar refractivity (Wildman–Crippen MR) is 50.6 cm³/mol. The lowest BCUT2D eigenvalue weighted by molar-refractivity contribution is -0.123. The number of carbonyl (C=O) groups excluding carboxylic acids is 1. The van der Waals surface area contributed by atoms with Gasteiger partial charge in [0.2, 0.25) is 0 Å². The lowest BCUT2D eigenvalue weighted by Gasteiger charge is -2.27. The Bertz CT molecular complexity index is 153. The normalized spacial score (nSPS) is 21.2. The van der Waals surface area contributed by atoms with Crippen molar-refractivity contribution in [3.63, 3.8) is 0 Å². The van der Waals surface area contributed by atoms with Gasteiger partial charge in [0.1, 0.15) is 5.78 Å². The Morgan fingerprint density at radius 2 is 2.08 bits per heavy atom. The summed E-state index contributed by atoms with van der Waals surface area (Å²) in [5.41, 5.74) is 0. The minimum atomic E-state index is 0.292. The maximum atomic E-state index is 11.4. The monoisotopic (exact) mass is 189 g/mol. The Morgan fingerprint density at radius 1 is 1.50 bits per heavy atom. The van der Waals surface area contributed by atoms with Gasteiger partial charge in [0.05, 0.1) is 0 Å². The van der Waals surface area contributed by atoms with Crippen molar-refractivity contribution in [3.8, 4) is 0 Å². The van der Waals surface area contributed by atoms with Gasteiger partial charge in [-0.1, -0.05) is 0 Å². The quantitative estimate of drug-likeness (QED) is 0.628. The molecule has 12 heavy (non-hydrogen) atoms. The average Bonchev–Trinajstić information content (AvgIpc) is 2.06. The summed E-state index contributed by atoms with van der Waals surface area (Å²) in [6.07, 6.45) is 2.59. The van der Waals surface area contributed by atoms with Gasteiger partial charge in [-0.15, -0.1) is 11.6 Å². The first-order valence-corrected chi connectivity index (χ1v) is 5.04. The molecule has 0 aromatic heterocycles. The summed E-state index contributed by atoms with van der Waals surface area (Å²) in [5, 5.41) is 0. The first-order valence-electron chi connectivity index (χ1n) is 4.51. The van der Waals surface area contributed by atoms with Crippen molar-refractivity contribution >= 4 is 17.4 Å². The third-order valence-corrected chi connectivity index (χ3v) is 2.70. The van der Waals surface area contributed by atoms with Gasteiger partial charge >= 0.3 is 0 Å². The van der Waals surface area contributed by atoms with Crippen molar-refractivity contribution in [2.24, 2.45) is 5.92 Å². The Morgan fingerprint density at radius 3 is 2.58 bits per heavy atom. The minimum absolute atomic E-state index is 0.292. The molecule has 1 heterocycles. The average molecular weight is 190 g/mol. The number of likely N-dealkylation sites (tertiary alicyclic amines) is 1. The van der Waals surface area contributed by atoms with Crippen LogP contribution >= 0.6 is 11.6 Å². The molecule has 0 unspecified atom stereocenters. The van der Waals surface area contributed by atoms with E-state index in [-0.39, 0.29) is 0 Å². The number of carbonyl (C=O) groups is 1. The van der Waals surface area contributed by atoms with E-state index in [2.05, 4.69) is 11.9 Å². The molecule has 1 fully saturated rings. The predicted octanol–water partition coefficient (Wildman–Crippen LogP) is 1.53. The highest BCUT2D eigenvalue weighted by Crippen LogP contribution is 2.18. The molecule has 0 atom stereocenters. The maximum absolute atomic E-state index is 11.4. The summed E-state index contributed by atoms with van der Waals surface area (Å²) < 4.78 is 0. The zero-order valence-corrected chi connectivity index (χ0v) is 8.31. The number of alkyl halides is 1. The zero-order chi connectivity index (χ0) is 8.97. The molecule has 0 bridgehead atoms. The van der Waals surface area contributed by atoms with Crippen molar-refractivity contribution in [1.29, 1.82) is 0 Å². The van der Waals surface area contributed by atoms with Crippen LogP contribution in [-0.4, -0.2) is 36.7 Å². The molecule has 0 radical (unpaired) electrons. The number of halogens is 1. The van der Waals surface area contributed by atoms with Gasteiger partial charge in [0.15, 0.2) is 0 Å². The summed E-state index contributed by atoms with van der Waals surface area (Å²) in [6, 6.07) is 0. The van der Waals surface area contributed by atoms with Crippen LogP contribution in [0.25, 0.3) is 0 Å². The highest BCUT2D eigenvalue weighted by atomic mass is 35.5. The molecule has 2 nitrogen and oxygen atoms in total. The first kappa shape index (κ1) is 10.0. The summed E-state index contributed by atoms with van der Waals surface area (Å²) >= 11 is 5.51. The van der Waals surface area contributed by atoms with Crippen LogP contribution < -0.4 is 0 Å². The zero-order valence-electron chi connectivity index (χ0n) is 7.55. The third-order valence-electron chi connectivity index (χ3n) is 2.51. The molecule has 0 aliphatic carbocycles. The van der Waals surface area contributed by atoms with E-state index < -0.39 is 0 Å². The first-order chi connectivity index (χ1) is 5.74. The number of piperidine rings is 1. The highest BCUT2D eigenvalue weighted by molar-refractivity contribution is 6.19. The molecule has 3 heteroatoms. The highest BCUT2D eigenvalue weighted by Gasteiger charge is 2.22. The molecule has 1 rings (SSSR count). The summed E-state index contributed by atoms with van der Waals surface area (Å²) in [4.78, 5) is 13.7. The molecule has 1 saturated heterocycles. The molecule has 1 aliphatic rings. The van der Waals surface area contributed by atoms with Crippen LogP contribution in [0.3, 0.4) is 0 Å². The number of hydrogen-bond donors (Lipinski definition) is 0. The molecule has 70 valence electrons. The fraction of sp³-hybridized carbons (Fsp3) is 0.889. The van der Waals surface area contributed by atoms with Crippen molar-refractivity contribution < 1.29 is 4.79 Å². The van der Waals surface area contributed by atoms with Crippen LogP contribution in [0, 0.1) is 5.92 Å². The van der Waals surface area contributed by atoms with Gasteiger partial charge in [0, 0.05) is 18.2 Å². The van der Waals surface area contributed by atoms with E-state index in [4.69, 9.17) is 11.6 Å². The van der Waals surface area contributed by atoms with Crippen LogP contribution in [0.2, 0.25) is 0 Å². The number of hydrogen-bond acceptors (Lipinski definition) is 2. The number of nitrogens with zero attached hydrogens (tertiary/aromatic N) is 1. The fourth-order valence-electron chi connectivity index (χ4n) is 1.63. The molecule has 0 saturated carbocycles. The Balaban J connectivity index is 2.29. The number of rotatable bonds is 3. The van der Waals surface area contributed by atoms with Crippen molar-refractivity contribution in [1.82, 2.24) is 4.90 Å². The van der Waals surface area contributed by atoms with Crippen LogP contribution in [0.4, 0.5) is 0 Å². The van der Waals surface area contributed by atoms with Crippen molar-refractivity contribution in [2.75, 3.05) is 26.0 Å². The van der Waals surface area contributed by atoms with Crippen LogP contribution in [0.5, 0.6) is 0 Å². The second-order valence-electron chi connectivity index (χ2n) is 3.48. The van der Waals surface area contributed by atoms with E-state index >= 15 is 0 Å². The molecule has 0 amide bonds. The lowest BCUT2D eigenvalue weighted by Crippen LogP contribution is -2.33. The second kappa shape index (κ2) is 4.83. The molecular formula is C9H16ClNO. The van der Waals surface area contributed by atoms with Gasteiger partial charge in [-0.2, -0.15) is 0 Å². The van der Waals surface area contributed by atoms with Crippen molar-refractivity contribution in [2.45, 2.75) is 19.3 Å². The van der Waals surface area contributed by atoms with Gasteiger partial charge in [-0.25, -0.2) is 0 Å². The van der Waals surface area contributed by atoms with Gasteiger partial charge in [0.25, 0.3) is 0 Å². The van der Waals surface area contributed by atoms with E-state index in [9.17, 15) is 4.79 Å². The SMILES string of the molecule is CN1CCC(C(=O)CCCl)CC1. The molecule has 0 N–H and O–H groups in total. The largest absolute Gasteiger partial charge is 0.306 e. The number of Topliss-reactive ketones (excluding diaryl/α,β-unsaturated/α-hetero) is 1. The van der Waals surface area contributed by atoms with Gasteiger partial charge in [-0.05, 0) is 33.0 Å².